The number of fused-ring (bicyclic) bond motifs is 1. The van der Waals surface area contributed by atoms with E-state index in [1.54, 1.807) is 0 Å². The zero-order valence-corrected chi connectivity index (χ0v) is 10.6. The Morgan fingerprint density at radius 2 is 2.06 bits per heavy atom. The maximum Gasteiger partial charge on any atom is 0.225 e. The molecule has 0 aliphatic carbocycles. The first-order chi connectivity index (χ1) is 8.74. The molecule has 0 aliphatic rings. The lowest BCUT2D eigenvalue weighted by Crippen LogP contribution is -2.20. The SMILES string of the molecule is CCNc1nc(NC(C)CO)c2ccccc2n1. The summed E-state index contributed by atoms with van der Waals surface area (Å²) in [6.45, 7) is 4.74. The lowest BCUT2D eigenvalue weighted by Gasteiger charge is -2.14. The van der Waals surface area contributed by atoms with Gasteiger partial charge in [-0.3, -0.25) is 0 Å². The van der Waals surface area contributed by atoms with Crippen LogP contribution in [0.25, 0.3) is 10.9 Å². The van der Waals surface area contributed by atoms with E-state index in [0.717, 1.165) is 23.3 Å². The lowest BCUT2D eigenvalue weighted by atomic mass is 10.2. The molecule has 0 saturated carbocycles. The third-order valence-corrected chi connectivity index (χ3v) is 2.60. The molecule has 3 N–H and O–H groups in total. The Morgan fingerprint density at radius 1 is 1.28 bits per heavy atom. The van der Waals surface area contributed by atoms with Gasteiger partial charge in [-0.15, -0.1) is 0 Å². The number of benzene rings is 1. The first-order valence-electron chi connectivity index (χ1n) is 6.12. The van der Waals surface area contributed by atoms with Crippen molar-refractivity contribution < 1.29 is 5.11 Å². The van der Waals surface area contributed by atoms with Crippen molar-refractivity contribution in [2.24, 2.45) is 0 Å². The van der Waals surface area contributed by atoms with Crippen LogP contribution in [0.2, 0.25) is 0 Å². The molecule has 0 amide bonds. The summed E-state index contributed by atoms with van der Waals surface area (Å²) in [6.07, 6.45) is 0. The van der Waals surface area contributed by atoms with Gasteiger partial charge in [-0.1, -0.05) is 12.1 Å². The third-order valence-electron chi connectivity index (χ3n) is 2.60. The number of nitrogens with one attached hydrogen (secondary N) is 2. The second kappa shape index (κ2) is 5.64. The molecule has 0 aliphatic heterocycles. The van der Waals surface area contributed by atoms with Gasteiger partial charge in [-0.2, -0.15) is 4.98 Å². The highest BCUT2D eigenvalue weighted by atomic mass is 16.3. The molecule has 1 heterocycles. The average molecular weight is 246 g/mol. The molecule has 2 rings (SSSR count). The largest absolute Gasteiger partial charge is 0.394 e. The number of aliphatic hydroxyl groups is 1. The van der Waals surface area contributed by atoms with Crippen LogP contribution in [0.4, 0.5) is 11.8 Å². The minimum Gasteiger partial charge on any atom is -0.394 e. The van der Waals surface area contributed by atoms with Crippen molar-refractivity contribution in [3.8, 4) is 0 Å². The molecule has 1 aromatic heterocycles. The number of aliphatic hydroxyl groups excluding tert-OH is 1. The van der Waals surface area contributed by atoms with Gasteiger partial charge in [0.1, 0.15) is 5.82 Å². The maximum absolute atomic E-state index is 9.12. The number of para-hydroxylation sites is 1. The summed E-state index contributed by atoms with van der Waals surface area (Å²) >= 11 is 0. The van der Waals surface area contributed by atoms with Crippen molar-refractivity contribution in [3.63, 3.8) is 0 Å². The van der Waals surface area contributed by atoms with Crippen molar-refractivity contribution in [2.45, 2.75) is 19.9 Å². The number of hydrogen-bond acceptors (Lipinski definition) is 5. The van der Waals surface area contributed by atoms with Gasteiger partial charge in [0, 0.05) is 18.0 Å². The van der Waals surface area contributed by atoms with Crippen LogP contribution in [0.5, 0.6) is 0 Å². The molecule has 18 heavy (non-hydrogen) atoms. The van der Waals surface area contributed by atoms with Gasteiger partial charge in [0.25, 0.3) is 0 Å². The van der Waals surface area contributed by atoms with Gasteiger partial charge in [-0.05, 0) is 26.0 Å². The fourth-order valence-corrected chi connectivity index (χ4v) is 1.70. The van der Waals surface area contributed by atoms with Crippen LogP contribution in [0.15, 0.2) is 24.3 Å². The van der Waals surface area contributed by atoms with Crippen LogP contribution in [0, 0.1) is 0 Å². The van der Waals surface area contributed by atoms with Crippen LogP contribution < -0.4 is 10.6 Å². The summed E-state index contributed by atoms with van der Waals surface area (Å²) in [5.41, 5.74) is 0.885. The monoisotopic (exact) mass is 246 g/mol. The molecule has 0 saturated heterocycles. The minimum atomic E-state index is -0.0437. The lowest BCUT2D eigenvalue weighted by molar-refractivity contribution is 0.281. The second-order valence-corrected chi connectivity index (χ2v) is 4.17. The quantitative estimate of drug-likeness (QED) is 0.751. The Balaban J connectivity index is 2.46. The van der Waals surface area contributed by atoms with Crippen molar-refractivity contribution in [1.29, 1.82) is 0 Å². The standard InChI is InChI=1S/C13H18N4O/c1-3-14-13-16-11-7-5-4-6-10(11)12(17-13)15-9(2)8-18/h4-7,9,18H,3,8H2,1-2H3,(H2,14,15,16,17). The molecule has 1 atom stereocenters. The maximum atomic E-state index is 9.12. The number of nitrogens with zero attached hydrogens (tertiary/aromatic N) is 2. The summed E-state index contributed by atoms with van der Waals surface area (Å²) < 4.78 is 0. The molecular formula is C13H18N4O. The van der Waals surface area contributed by atoms with Crippen molar-refractivity contribution in [1.82, 2.24) is 9.97 Å². The smallest absolute Gasteiger partial charge is 0.225 e. The molecule has 0 bridgehead atoms. The van der Waals surface area contributed by atoms with Crippen LogP contribution in [0.3, 0.4) is 0 Å². The van der Waals surface area contributed by atoms with E-state index in [0.29, 0.717) is 5.95 Å². The van der Waals surface area contributed by atoms with E-state index in [2.05, 4.69) is 20.6 Å². The highest BCUT2D eigenvalue weighted by Crippen LogP contribution is 2.22. The molecule has 1 aromatic carbocycles. The minimum absolute atomic E-state index is 0.0437. The highest BCUT2D eigenvalue weighted by Gasteiger charge is 2.09. The van der Waals surface area contributed by atoms with E-state index in [-0.39, 0.29) is 12.6 Å². The molecule has 0 fully saturated rings. The number of hydrogen-bond donors (Lipinski definition) is 3. The van der Waals surface area contributed by atoms with Crippen LogP contribution >= 0.6 is 0 Å². The zero-order chi connectivity index (χ0) is 13.0. The molecule has 5 heteroatoms. The molecule has 1 unspecified atom stereocenters. The normalized spacial score (nSPS) is 12.4. The van der Waals surface area contributed by atoms with E-state index < -0.39 is 0 Å². The summed E-state index contributed by atoms with van der Waals surface area (Å²) in [4.78, 5) is 8.87. The Bertz CT molecular complexity index is 529. The Hall–Kier alpha value is -1.88. The van der Waals surface area contributed by atoms with E-state index in [1.165, 1.54) is 0 Å². The van der Waals surface area contributed by atoms with Gasteiger partial charge in [0.05, 0.1) is 12.1 Å². The fraction of sp³-hybridized carbons (Fsp3) is 0.385. The van der Waals surface area contributed by atoms with Crippen LogP contribution in [0.1, 0.15) is 13.8 Å². The van der Waals surface area contributed by atoms with Gasteiger partial charge in [0.2, 0.25) is 5.95 Å². The average Bonchev–Trinajstić information content (AvgIpc) is 2.39. The number of anilines is 2. The van der Waals surface area contributed by atoms with Gasteiger partial charge in [-0.25, -0.2) is 4.98 Å². The highest BCUT2D eigenvalue weighted by molar-refractivity contribution is 5.90. The molecule has 96 valence electrons. The first kappa shape index (κ1) is 12.6. The predicted octanol–water partition coefficient (Wildman–Crippen LogP) is 1.85. The Labute approximate surface area is 106 Å². The molecule has 5 nitrogen and oxygen atoms in total. The third kappa shape index (κ3) is 2.68. The Morgan fingerprint density at radius 3 is 2.78 bits per heavy atom. The topological polar surface area (TPSA) is 70.1 Å². The molecular weight excluding hydrogens is 228 g/mol. The molecule has 0 spiro atoms. The second-order valence-electron chi connectivity index (χ2n) is 4.17. The zero-order valence-electron chi connectivity index (χ0n) is 10.6. The summed E-state index contributed by atoms with van der Waals surface area (Å²) in [5.74, 6) is 1.35. The number of rotatable bonds is 5. The van der Waals surface area contributed by atoms with Crippen molar-refractivity contribution in [2.75, 3.05) is 23.8 Å². The number of aromatic nitrogens is 2. The van der Waals surface area contributed by atoms with E-state index in [1.807, 2.05) is 38.1 Å². The van der Waals surface area contributed by atoms with E-state index >= 15 is 0 Å². The molecule has 0 radical (unpaired) electrons. The van der Waals surface area contributed by atoms with Crippen LogP contribution in [-0.4, -0.2) is 34.3 Å². The van der Waals surface area contributed by atoms with Gasteiger partial charge < -0.3 is 15.7 Å². The van der Waals surface area contributed by atoms with E-state index in [9.17, 15) is 0 Å². The summed E-state index contributed by atoms with van der Waals surface area (Å²) in [7, 11) is 0. The fourth-order valence-electron chi connectivity index (χ4n) is 1.70. The predicted molar refractivity (Wildman–Crippen MR) is 73.9 cm³/mol. The van der Waals surface area contributed by atoms with Crippen molar-refractivity contribution in [3.05, 3.63) is 24.3 Å². The van der Waals surface area contributed by atoms with Gasteiger partial charge >= 0.3 is 0 Å². The summed E-state index contributed by atoms with van der Waals surface area (Å²) in [5, 5.41) is 16.4. The van der Waals surface area contributed by atoms with Gasteiger partial charge in [0.15, 0.2) is 0 Å². The van der Waals surface area contributed by atoms with Crippen molar-refractivity contribution >= 4 is 22.7 Å². The Kier molecular flexibility index (Phi) is 3.94. The molecule has 2 aromatic rings. The summed E-state index contributed by atoms with van der Waals surface area (Å²) in [6, 6.07) is 7.78. The van der Waals surface area contributed by atoms with E-state index in [4.69, 9.17) is 5.11 Å². The van der Waals surface area contributed by atoms with Crippen LogP contribution in [-0.2, 0) is 0 Å². The first-order valence-corrected chi connectivity index (χ1v) is 6.12.